The first-order valence-corrected chi connectivity index (χ1v) is 10.0. The molecule has 0 bridgehead atoms. The van der Waals surface area contributed by atoms with Crippen molar-refractivity contribution in [3.8, 4) is 0 Å². The number of carbonyl (C=O) groups is 1. The molecule has 1 heterocycles. The lowest BCUT2D eigenvalue weighted by Crippen LogP contribution is -2.42. The predicted octanol–water partition coefficient (Wildman–Crippen LogP) is 4.07. The molecule has 3 rings (SSSR count). The zero-order chi connectivity index (χ0) is 20.2. The number of hydrogen-bond acceptors (Lipinski definition) is 5. The Kier molecular flexibility index (Phi) is 6.14. The van der Waals surface area contributed by atoms with Crippen LogP contribution in [0.2, 0.25) is 0 Å². The van der Waals surface area contributed by atoms with E-state index in [1.54, 1.807) is 6.20 Å². The molecule has 3 atom stereocenters. The van der Waals surface area contributed by atoms with Crippen LogP contribution >= 0.6 is 0 Å². The van der Waals surface area contributed by atoms with Crippen LogP contribution < -0.4 is 0 Å². The molecule has 1 N–H and O–H groups in total. The fourth-order valence-corrected chi connectivity index (χ4v) is 4.04. The monoisotopic (exact) mass is 382 g/mol. The van der Waals surface area contributed by atoms with Gasteiger partial charge in [-0.3, -0.25) is 4.79 Å². The summed E-state index contributed by atoms with van der Waals surface area (Å²) < 4.78 is 5.69. The number of rotatable bonds is 5. The first kappa shape index (κ1) is 20.5. The topological polar surface area (TPSA) is 72.3 Å². The van der Waals surface area contributed by atoms with Crippen LogP contribution in [0.15, 0.2) is 48.7 Å². The molecule has 0 aliphatic heterocycles. The van der Waals surface area contributed by atoms with Crippen molar-refractivity contribution < 1.29 is 14.6 Å². The van der Waals surface area contributed by atoms with Crippen molar-refractivity contribution in [2.24, 2.45) is 5.92 Å². The van der Waals surface area contributed by atoms with Crippen molar-refractivity contribution in [2.75, 3.05) is 0 Å². The molecule has 0 amide bonds. The molecule has 1 aromatic heterocycles. The summed E-state index contributed by atoms with van der Waals surface area (Å²) in [5.41, 5.74) is 0.617. The maximum Gasteiger partial charge on any atom is 0.310 e. The van der Waals surface area contributed by atoms with Crippen LogP contribution in [0.25, 0.3) is 0 Å². The van der Waals surface area contributed by atoms with Crippen LogP contribution in [0.1, 0.15) is 63.6 Å². The zero-order valence-electron chi connectivity index (χ0n) is 17.0. The second-order valence-corrected chi connectivity index (χ2v) is 8.84. The standard InChI is InChI=1S/C23H30N2O3/c1-22(2,3)28-21(26)19-12-14-23(27,13-11-18-10-7-15-24-25-18)16-20(19)17-8-5-4-6-9-17/h4-10,15,19-20,27H,11-14,16H2,1-3H3/t19-,20+,23?/m1/s1. The van der Waals surface area contributed by atoms with E-state index >= 15 is 0 Å². The number of carbonyl (C=O) groups excluding carboxylic acids is 1. The van der Waals surface area contributed by atoms with Gasteiger partial charge < -0.3 is 9.84 Å². The summed E-state index contributed by atoms with van der Waals surface area (Å²) in [5, 5.41) is 19.3. The van der Waals surface area contributed by atoms with E-state index in [9.17, 15) is 9.90 Å². The van der Waals surface area contributed by atoms with E-state index in [-0.39, 0.29) is 17.8 Å². The third-order valence-electron chi connectivity index (χ3n) is 5.42. The number of aryl methyl sites for hydroxylation is 1. The van der Waals surface area contributed by atoms with Crippen molar-refractivity contribution in [3.63, 3.8) is 0 Å². The van der Waals surface area contributed by atoms with Crippen LogP contribution in [0.5, 0.6) is 0 Å². The normalized spacial score (nSPS) is 25.3. The Morgan fingerprint density at radius 1 is 1.21 bits per heavy atom. The molecular formula is C23H30N2O3. The van der Waals surface area contributed by atoms with E-state index in [0.717, 1.165) is 11.3 Å². The van der Waals surface area contributed by atoms with Crippen molar-refractivity contribution in [1.29, 1.82) is 0 Å². The lowest BCUT2D eigenvalue weighted by atomic mass is 9.67. The molecule has 1 saturated carbocycles. The Labute approximate surface area is 167 Å². The van der Waals surface area contributed by atoms with Crippen LogP contribution in [0.3, 0.4) is 0 Å². The minimum absolute atomic E-state index is 0.0587. The maximum absolute atomic E-state index is 12.9. The summed E-state index contributed by atoms with van der Waals surface area (Å²) in [6, 6.07) is 13.8. The van der Waals surface area contributed by atoms with Gasteiger partial charge in [0.05, 0.1) is 17.2 Å². The summed E-state index contributed by atoms with van der Waals surface area (Å²) in [4.78, 5) is 12.9. The minimum atomic E-state index is -0.823. The molecule has 1 fully saturated rings. The molecule has 5 nitrogen and oxygen atoms in total. The Bertz CT molecular complexity index is 773. The fourth-order valence-electron chi connectivity index (χ4n) is 4.04. The fraction of sp³-hybridized carbons (Fsp3) is 0.522. The Morgan fingerprint density at radius 3 is 2.61 bits per heavy atom. The van der Waals surface area contributed by atoms with Gasteiger partial charge >= 0.3 is 5.97 Å². The number of aromatic nitrogens is 2. The van der Waals surface area contributed by atoms with Gasteiger partial charge in [0.2, 0.25) is 0 Å². The van der Waals surface area contributed by atoms with E-state index in [4.69, 9.17) is 4.74 Å². The molecule has 1 aromatic carbocycles. The highest BCUT2D eigenvalue weighted by molar-refractivity contribution is 5.74. The highest BCUT2D eigenvalue weighted by atomic mass is 16.6. The lowest BCUT2D eigenvalue weighted by Gasteiger charge is -2.41. The van der Waals surface area contributed by atoms with E-state index in [0.29, 0.717) is 32.1 Å². The van der Waals surface area contributed by atoms with Crippen LogP contribution in [0, 0.1) is 5.92 Å². The molecule has 150 valence electrons. The van der Waals surface area contributed by atoms with Gasteiger partial charge in [-0.25, -0.2) is 0 Å². The molecule has 2 aromatic rings. The van der Waals surface area contributed by atoms with Gasteiger partial charge in [-0.15, -0.1) is 0 Å². The second kappa shape index (κ2) is 8.39. The van der Waals surface area contributed by atoms with Gasteiger partial charge in [-0.2, -0.15) is 10.2 Å². The number of nitrogens with zero attached hydrogens (tertiary/aromatic N) is 2. The van der Waals surface area contributed by atoms with Gasteiger partial charge in [0.1, 0.15) is 5.60 Å². The van der Waals surface area contributed by atoms with E-state index in [2.05, 4.69) is 10.2 Å². The average molecular weight is 383 g/mol. The summed E-state index contributed by atoms with van der Waals surface area (Å²) >= 11 is 0. The Balaban J connectivity index is 1.77. The summed E-state index contributed by atoms with van der Waals surface area (Å²) in [7, 11) is 0. The Morgan fingerprint density at radius 2 is 1.96 bits per heavy atom. The van der Waals surface area contributed by atoms with Crippen LogP contribution in [0.4, 0.5) is 0 Å². The van der Waals surface area contributed by atoms with Crippen LogP contribution in [-0.4, -0.2) is 32.5 Å². The van der Waals surface area contributed by atoms with E-state index in [1.165, 1.54) is 0 Å². The molecular weight excluding hydrogens is 352 g/mol. The molecule has 1 unspecified atom stereocenters. The van der Waals surface area contributed by atoms with E-state index in [1.807, 2.05) is 63.2 Å². The van der Waals surface area contributed by atoms with Gasteiger partial charge in [0.15, 0.2) is 0 Å². The maximum atomic E-state index is 12.9. The molecule has 1 aliphatic rings. The average Bonchev–Trinajstić information content (AvgIpc) is 2.66. The third kappa shape index (κ3) is 5.38. The van der Waals surface area contributed by atoms with Crippen molar-refractivity contribution in [1.82, 2.24) is 10.2 Å². The number of esters is 1. The molecule has 28 heavy (non-hydrogen) atoms. The number of ether oxygens (including phenoxy) is 1. The highest BCUT2D eigenvalue weighted by Gasteiger charge is 2.44. The smallest absolute Gasteiger partial charge is 0.310 e. The Hall–Kier alpha value is -2.27. The van der Waals surface area contributed by atoms with E-state index < -0.39 is 11.2 Å². The van der Waals surface area contributed by atoms with Crippen molar-refractivity contribution in [2.45, 2.75) is 70.0 Å². The van der Waals surface area contributed by atoms with Gasteiger partial charge in [-0.1, -0.05) is 30.3 Å². The SMILES string of the molecule is CC(C)(C)OC(=O)[C@@H]1CCC(O)(CCc2cccnn2)C[C@H]1c1ccccc1. The summed E-state index contributed by atoms with van der Waals surface area (Å²) in [6.45, 7) is 5.67. The number of aliphatic hydroxyl groups is 1. The number of hydrogen-bond donors (Lipinski definition) is 1. The van der Waals surface area contributed by atoms with Gasteiger partial charge in [0.25, 0.3) is 0 Å². The first-order chi connectivity index (χ1) is 13.3. The number of benzene rings is 1. The first-order valence-electron chi connectivity index (χ1n) is 10.0. The van der Waals surface area contributed by atoms with Crippen molar-refractivity contribution >= 4 is 5.97 Å². The highest BCUT2D eigenvalue weighted by Crippen LogP contribution is 2.45. The summed E-state index contributed by atoms with van der Waals surface area (Å²) in [6.07, 6.45) is 4.67. The van der Waals surface area contributed by atoms with Crippen LogP contribution in [-0.2, 0) is 16.0 Å². The van der Waals surface area contributed by atoms with Gasteiger partial charge in [-0.05, 0) is 76.5 Å². The molecule has 0 saturated heterocycles. The zero-order valence-corrected chi connectivity index (χ0v) is 17.0. The third-order valence-corrected chi connectivity index (χ3v) is 5.42. The molecule has 1 aliphatic carbocycles. The van der Waals surface area contributed by atoms with Crippen molar-refractivity contribution in [3.05, 3.63) is 59.9 Å². The molecule has 0 radical (unpaired) electrons. The quantitative estimate of drug-likeness (QED) is 0.790. The largest absolute Gasteiger partial charge is 0.460 e. The minimum Gasteiger partial charge on any atom is -0.460 e. The second-order valence-electron chi connectivity index (χ2n) is 8.84. The lowest BCUT2D eigenvalue weighted by molar-refractivity contribution is -0.164. The molecule has 0 spiro atoms. The van der Waals surface area contributed by atoms with Gasteiger partial charge in [0, 0.05) is 6.20 Å². The molecule has 5 heteroatoms. The predicted molar refractivity (Wildman–Crippen MR) is 108 cm³/mol. The summed E-state index contributed by atoms with van der Waals surface area (Å²) in [5.74, 6) is -0.465.